The van der Waals surface area contributed by atoms with Crippen molar-refractivity contribution >= 4 is 29.2 Å². The molecule has 0 unspecified atom stereocenters. The number of phenolic OH excluding ortho intramolecular Hbond substituents is 1. The lowest BCUT2D eigenvalue weighted by atomic mass is 9.91. The molecular weight excluding hydrogens is 203 g/mol. The Bertz CT molecular complexity index is 270. The minimum absolute atomic E-state index is 0.391. The van der Waals surface area contributed by atoms with Gasteiger partial charge >= 0.3 is 0 Å². The Kier molecular flexibility index (Phi) is 2.28. The van der Waals surface area contributed by atoms with Crippen molar-refractivity contribution in [3.63, 3.8) is 0 Å². The van der Waals surface area contributed by atoms with E-state index in [9.17, 15) is 5.11 Å². The molecule has 1 nitrogen and oxygen atoms in total. The summed E-state index contributed by atoms with van der Waals surface area (Å²) in [4.78, 5) is 0. The minimum atomic E-state index is 0.391. The largest absolute Gasteiger partial charge is 0.508 e. The van der Waals surface area contributed by atoms with Gasteiger partial charge in [0.1, 0.15) is 13.6 Å². The van der Waals surface area contributed by atoms with Crippen molar-refractivity contribution in [1.82, 2.24) is 0 Å². The minimum Gasteiger partial charge on any atom is -0.508 e. The van der Waals surface area contributed by atoms with Crippen molar-refractivity contribution < 1.29 is 5.11 Å². The van der Waals surface area contributed by atoms with E-state index in [0.29, 0.717) is 5.75 Å². The van der Waals surface area contributed by atoms with Crippen LogP contribution >= 0.6 is 15.9 Å². The van der Waals surface area contributed by atoms with E-state index >= 15 is 0 Å². The highest BCUT2D eigenvalue weighted by Gasteiger charge is 2.06. The van der Waals surface area contributed by atoms with E-state index < -0.39 is 0 Å². The number of hydrogen-bond donors (Lipinski definition) is 1. The Morgan fingerprint density at radius 1 is 1.45 bits per heavy atom. The predicted molar refractivity (Wildman–Crippen MR) is 53.5 cm³/mol. The first-order valence-corrected chi connectivity index (χ1v) is 4.28. The van der Waals surface area contributed by atoms with Crippen LogP contribution in [0, 0.1) is 13.8 Å². The van der Waals surface area contributed by atoms with Crippen LogP contribution in [0.4, 0.5) is 0 Å². The Balaban J connectivity index is 3.46. The van der Waals surface area contributed by atoms with Gasteiger partial charge in [0.05, 0.1) is 0 Å². The highest BCUT2D eigenvalue weighted by Crippen LogP contribution is 2.25. The number of rotatable bonds is 0. The highest BCUT2D eigenvalue weighted by atomic mass is 79.9. The first-order valence-electron chi connectivity index (χ1n) is 3.49. The molecule has 11 heavy (non-hydrogen) atoms. The number of halogens is 1. The average Bonchev–Trinajstić information content (AvgIpc) is 1.97. The molecule has 0 fully saturated rings. The molecule has 1 rings (SSSR count). The van der Waals surface area contributed by atoms with E-state index in [0.717, 1.165) is 21.1 Å². The molecule has 0 radical (unpaired) electrons. The van der Waals surface area contributed by atoms with Crippen LogP contribution in [0.5, 0.6) is 5.75 Å². The Morgan fingerprint density at radius 3 is 2.55 bits per heavy atom. The zero-order valence-electron chi connectivity index (χ0n) is 6.90. The predicted octanol–water partition coefficient (Wildman–Crippen LogP) is 1.03. The van der Waals surface area contributed by atoms with Crippen LogP contribution in [0.15, 0.2) is 10.5 Å². The molecule has 0 aliphatic rings. The van der Waals surface area contributed by atoms with Gasteiger partial charge in [0, 0.05) is 10.0 Å². The van der Waals surface area contributed by atoms with E-state index in [2.05, 4.69) is 15.9 Å². The van der Waals surface area contributed by atoms with Gasteiger partial charge in [-0.2, -0.15) is 0 Å². The van der Waals surface area contributed by atoms with E-state index in [1.807, 2.05) is 27.8 Å². The van der Waals surface area contributed by atoms with E-state index in [1.165, 1.54) is 0 Å². The fourth-order valence-electron chi connectivity index (χ4n) is 1.15. The molecule has 0 amide bonds. The Hall–Kier alpha value is -0.435. The monoisotopic (exact) mass is 212 g/mol. The molecule has 58 valence electrons. The summed E-state index contributed by atoms with van der Waals surface area (Å²) in [6, 6.07) is 1.96. The molecule has 1 aromatic carbocycles. The van der Waals surface area contributed by atoms with Crippen LogP contribution in [-0.4, -0.2) is 13.0 Å². The van der Waals surface area contributed by atoms with Gasteiger partial charge in [0.2, 0.25) is 0 Å². The number of hydrogen-bond acceptors (Lipinski definition) is 1. The third-order valence-corrected chi connectivity index (χ3v) is 3.06. The third-order valence-electron chi connectivity index (χ3n) is 1.84. The van der Waals surface area contributed by atoms with E-state index in [4.69, 9.17) is 0 Å². The van der Waals surface area contributed by atoms with Gasteiger partial charge < -0.3 is 5.11 Å². The summed E-state index contributed by atoms with van der Waals surface area (Å²) >= 11 is 3.40. The van der Waals surface area contributed by atoms with Crippen molar-refractivity contribution in [2.75, 3.05) is 0 Å². The van der Waals surface area contributed by atoms with Gasteiger partial charge in [-0.15, -0.1) is 0 Å². The summed E-state index contributed by atoms with van der Waals surface area (Å²) in [7, 11) is 1.90. The maximum absolute atomic E-state index is 9.48. The fraction of sp³-hybridized carbons (Fsp3) is 0.250. The van der Waals surface area contributed by atoms with Crippen molar-refractivity contribution in [2.45, 2.75) is 13.8 Å². The molecule has 0 aliphatic carbocycles. The van der Waals surface area contributed by atoms with Gasteiger partial charge in [-0.25, -0.2) is 0 Å². The normalized spacial score (nSPS) is 10.1. The van der Waals surface area contributed by atoms with Crippen molar-refractivity contribution in [2.24, 2.45) is 0 Å². The van der Waals surface area contributed by atoms with Crippen LogP contribution in [0.3, 0.4) is 0 Å². The van der Waals surface area contributed by atoms with Crippen LogP contribution in [0.2, 0.25) is 0 Å². The van der Waals surface area contributed by atoms with Gasteiger partial charge in [0.15, 0.2) is 0 Å². The van der Waals surface area contributed by atoms with Crippen LogP contribution in [-0.2, 0) is 0 Å². The quantitative estimate of drug-likeness (QED) is 0.638. The van der Waals surface area contributed by atoms with Crippen molar-refractivity contribution in [3.8, 4) is 5.75 Å². The molecule has 1 aromatic rings. The third kappa shape index (κ3) is 1.43. The second-order valence-electron chi connectivity index (χ2n) is 2.80. The summed E-state index contributed by atoms with van der Waals surface area (Å²) < 4.78 is 1.00. The molecule has 0 aromatic heterocycles. The maximum atomic E-state index is 9.48. The first-order chi connectivity index (χ1) is 5.04. The molecule has 1 N–H and O–H groups in total. The molecule has 0 atom stereocenters. The summed E-state index contributed by atoms with van der Waals surface area (Å²) in [6.45, 7) is 3.92. The zero-order chi connectivity index (χ0) is 8.59. The summed E-state index contributed by atoms with van der Waals surface area (Å²) in [5.41, 5.74) is 3.02. The molecule has 0 saturated carbocycles. The second-order valence-corrected chi connectivity index (χ2v) is 3.59. The smallest absolute Gasteiger partial charge is 0.144 e. The molecular formula is C8H10BBrO. The van der Waals surface area contributed by atoms with Crippen LogP contribution < -0.4 is 5.46 Å². The molecule has 0 saturated heterocycles. The molecule has 0 bridgehead atoms. The summed E-state index contributed by atoms with van der Waals surface area (Å²) in [5, 5.41) is 9.48. The van der Waals surface area contributed by atoms with Gasteiger partial charge in [0.25, 0.3) is 0 Å². The molecule has 0 heterocycles. The van der Waals surface area contributed by atoms with Crippen LogP contribution in [0.1, 0.15) is 11.1 Å². The van der Waals surface area contributed by atoms with Gasteiger partial charge in [-0.05, 0) is 24.9 Å². The Labute approximate surface area is 76.0 Å². The molecule has 0 aliphatic heterocycles. The zero-order valence-corrected chi connectivity index (χ0v) is 8.49. The number of aromatic hydroxyl groups is 1. The number of benzene rings is 1. The van der Waals surface area contributed by atoms with Gasteiger partial charge in [-0.1, -0.05) is 22.0 Å². The average molecular weight is 213 g/mol. The highest BCUT2D eigenvalue weighted by molar-refractivity contribution is 9.10. The molecule has 3 heteroatoms. The SMILES string of the molecule is Bc1cc(C)c(Br)c(C)c1O. The van der Waals surface area contributed by atoms with Crippen molar-refractivity contribution in [1.29, 1.82) is 0 Å². The number of phenols is 1. The van der Waals surface area contributed by atoms with Crippen molar-refractivity contribution in [3.05, 3.63) is 21.7 Å². The number of aryl methyl sites for hydroxylation is 1. The summed E-state index contributed by atoms with van der Waals surface area (Å²) in [5.74, 6) is 0.391. The van der Waals surface area contributed by atoms with E-state index in [-0.39, 0.29) is 0 Å². The lowest BCUT2D eigenvalue weighted by Crippen LogP contribution is -2.05. The van der Waals surface area contributed by atoms with Crippen LogP contribution in [0.25, 0.3) is 0 Å². The standard InChI is InChI=1S/C8H10BBrO/c1-4-3-6(9)8(11)5(2)7(4)10/h3,11H,9H2,1-2H3. The Morgan fingerprint density at radius 2 is 2.00 bits per heavy atom. The maximum Gasteiger partial charge on any atom is 0.144 e. The van der Waals surface area contributed by atoms with Gasteiger partial charge in [-0.3, -0.25) is 0 Å². The first kappa shape index (κ1) is 8.66. The fourth-order valence-corrected chi connectivity index (χ4v) is 1.45. The lowest BCUT2D eigenvalue weighted by molar-refractivity contribution is 0.475. The molecule has 0 spiro atoms. The van der Waals surface area contributed by atoms with E-state index in [1.54, 1.807) is 0 Å². The second kappa shape index (κ2) is 2.90. The topological polar surface area (TPSA) is 20.2 Å². The summed E-state index contributed by atoms with van der Waals surface area (Å²) in [6.07, 6.45) is 0. The lowest BCUT2D eigenvalue weighted by Gasteiger charge is -2.07.